The van der Waals surface area contributed by atoms with Crippen LogP contribution >= 0.6 is 0 Å². The molecule has 1 N–H and O–H groups in total. The van der Waals surface area contributed by atoms with Crippen LogP contribution in [-0.4, -0.2) is 47.6 Å². The number of nitrogens with zero attached hydrogens (tertiary/aromatic N) is 1. The Kier molecular flexibility index (Phi) is 5.00. The van der Waals surface area contributed by atoms with Crippen LogP contribution in [0, 0.1) is 0 Å². The van der Waals surface area contributed by atoms with Gasteiger partial charge in [-0.2, -0.15) is 0 Å². The van der Waals surface area contributed by atoms with Gasteiger partial charge in [-0.15, -0.1) is 0 Å². The van der Waals surface area contributed by atoms with E-state index >= 15 is 0 Å². The lowest BCUT2D eigenvalue weighted by Gasteiger charge is -2.30. The largest absolute Gasteiger partial charge is 0.444 e. The maximum absolute atomic E-state index is 12.2. The van der Waals surface area contributed by atoms with E-state index in [9.17, 15) is 14.3 Å². The molecule has 0 aliphatic carbocycles. The maximum atomic E-state index is 12.2. The van der Waals surface area contributed by atoms with Crippen LogP contribution < -0.4 is 0 Å². The number of halogens is 1. The second kappa shape index (κ2) is 5.30. The number of ether oxygens (including phenoxy) is 1. The summed E-state index contributed by atoms with van der Waals surface area (Å²) < 4.78 is 17.2. The number of carbonyl (C=O) groups is 1. The average molecular weight is 221 g/mol. The Morgan fingerprint density at radius 3 is 2.33 bits per heavy atom. The molecule has 0 aromatic carbocycles. The number of alkyl halides is 1. The van der Waals surface area contributed by atoms with Crippen molar-refractivity contribution >= 4 is 6.09 Å². The van der Waals surface area contributed by atoms with Crippen LogP contribution in [0.2, 0.25) is 0 Å². The van der Waals surface area contributed by atoms with Gasteiger partial charge in [-0.25, -0.2) is 9.18 Å². The molecule has 0 spiro atoms. The summed E-state index contributed by atoms with van der Waals surface area (Å²) in [5.74, 6) is 0. The first-order valence-corrected chi connectivity index (χ1v) is 4.89. The average Bonchev–Trinajstić information content (AvgIpc) is 2.11. The molecule has 0 fully saturated rings. The molecule has 0 bridgehead atoms. The fourth-order valence-electron chi connectivity index (χ4n) is 0.887. The van der Waals surface area contributed by atoms with Crippen LogP contribution in [0.5, 0.6) is 0 Å². The summed E-state index contributed by atoms with van der Waals surface area (Å²) in [7, 11) is 1.47. The van der Waals surface area contributed by atoms with E-state index in [-0.39, 0.29) is 0 Å². The molecule has 15 heavy (non-hydrogen) atoms. The zero-order valence-corrected chi connectivity index (χ0v) is 9.95. The first-order valence-electron chi connectivity index (χ1n) is 4.89. The van der Waals surface area contributed by atoms with Crippen molar-refractivity contribution < 1.29 is 19.0 Å². The fourth-order valence-corrected chi connectivity index (χ4v) is 0.887. The first-order chi connectivity index (χ1) is 6.69. The summed E-state index contributed by atoms with van der Waals surface area (Å²) in [6.07, 6.45) is -1.75. The highest BCUT2D eigenvalue weighted by Crippen LogP contribution is 2.12. The third kappa shape index (κ3) is 4.97. The van der Waals surface area contributed by atoms with Crippen molar-refractivity contribution in [1.82, 2.24) is 4.90 Å². The van der Waals surface area contributed by atoms with E-state index in [1.54, 1.807) is 27.7 Å². The third-order valence-corrected chi connectivity index (χ3v) is 2.01. The molecule has 0 aromatic rings. The lowest BCUT2D eigenvalue weighted by atomic mass is 10.2. The molecule has 0 aliphatic rings. The SMILES string of the molecule is CC(C(O)CF)N(C)C(=O)OC(C)(C)C. The summed E-state index contributed by atoms with van der Waals surface area (Å²) in [4.78, 5) is 12.7. The van der Waals surface area contributed by atoms with E-state index in [0.29, 0.717) is 0 Å². The van der Waals surface area contributed by atoms with Crippen LogP contribution in [0.1, 0.15) is 27.7 Å². The molecule has 0 saturated heterocycles. The summed E-state index contributed by atoms with van der Waals surface area (Å²) >= 11 is 0. The van der Waals surface area contributed by atoms with Gasteiger partial charge in [-0.05, 0) is 27.7 Å². The fraction of sp³-hybridized carbons (Fsp3) is 0.900. The number of hydrogen-bond acceptors (Lipinski definition) is 3. The number of aliphatic hydroxyl groups excluding tert-OH is 1. The highest BCUT2D eigenvalue weighted by Gasteiger charge is 2.26. The maximum Gasteiger partial charge on any atom is 0.410 e. The summed E-state index contributed by atoms with van der Waals surface area (Å²) in [5, 5.41) is 9.22. The standard InChI is InChI=1S/C10H20FNO3/c1-7(8(13)6-11)12(5)9(14)15-10(2,3)4/h7-8,13H,6H2,1-5H3. The number of carbonyl (C=O) groups excluding carboxylic acids is 1. The highest BCUT2D eigenvalue weighted by molar-refractivity contribution is 5.68. The van der Waals surface area contributed by atoms with Crippen molar-refractivity contribution in [3.05, 3.63) is 0 Å². The van der Waals surface area contributed by atoms with Crippen molar-refractivity contribution in [2.45, 2.75) is 45.4 Å². The summed E-state index contributed by atoms with van der Waals surface area (Å²) in [6.45, 7) is 5.92. The molecular weight excluding hydrogens is 201 g/mol. The minimum Gasteiger partial charge on any atom is -0.444 e. The van der Waals surface area contributed by atoms with Crippen molar-refractivity contribution in [3.63, 3.8) is 0 Å². The Morgan fingerprint density at radius 1 is 1.53 bits per heavy atom. The number of rotatable bonds is 3. The molecule has 0 rings (SSSR count). The lowest BCUT2D eigenvalue weighted by molar-refractivity contribution is 0.00148. The zero-order valence-electron chi connectivity index (χ0n) is 9.95. The van der Waals surface area contributed by atoms with Gasteiger partial charge < -0.3 is 14.7 Å². The van der Waals surface area contributed by atoms with Crippen LogP contribution in [0.25, 0.3) is 0 Å². The molecule has 1 amide bonds. The highest BCUT2D eigenvalue weighted by atomic mass is 19.1. The van der Waals surface area contributed by atoms with E-state index in [4.69, 9.17) is 4.74 Å². The topological polar surface area (TPSA) is 49.8 Å². The number of likely N-dealkylation sites (N-methyl/N-ethyl adjacent to an activating group) is 1. The minimum atomic E-state index is -1.18. The normalized spacial score (nSPS) is 15.7. The Labute approximate surface area is 90.0 Å². The predicted molar refractivity (Wildman–Crippen MR) is 55.4 cm³/mol. The second-order valence-electron chi connectivity index (χ2n) is 4.55. The molecule has 0 saturated carbocycles. The Bertz CT molecular complexity index is 215. The Morgan fingerprint density at radius 2 is 2.00 bits per heavy atom. The molecule has 5 heteroatoms. The molecule has 0 radical (unpaired) electrons. The molecule has 0 aliphatic heterocycles. The van der Waals surface area contributed by atoms with Gasteiger partial charge in [0.05, 0.1) is 6.04 Å². The minimum absolute atomic E-state index is 0.567. The van der Waals surface area contributed by atoms with Crippen LogP contribution in [-0.2, 0) is 4.74 Å². The number of hydrogen-bond donors (Lipinski definition) is 1. The monoisotopic (exact) mass is 221 g/mol. The van der Waals surface area contributed by atoms with Gasteiger partial charge in [0.1, 0.15) is 18.4 Å². The second-order valence-corrected chi connectivity index (χ2v) is 4.55. The van der Waals surface area contributed by atoms with E-state index in [1.807, 2.05) is 0 Å². The van der Waals surface area contributed by atoms with Gasteiger partial charge in [-0.3, -0.25) is 0 Å². The molecule has 2 atom stereocenters. The lowest BCUT2D eigenvalue weighted by Crippen LogP contribution is -2.45. The van der Waals surface area contributed by atoms with Gasteiger partial charge in [0.15, 0.2) is 0 Å². The van der Waals surface area contributed by atoms with Crippen molar-refractivity contribution in [1.29, 1.82) is 0 Å². The van der Waals surface area contributed by atoms with Gasteiger partial charge in [0.25, 0.3) is 0 Å². The predicted octanol–water partition coefficient (Wildman–Crippen LogP) is 1.57. The zero-order chi connectivity index (χ0) is 12.2. The van der Waals surface area contributed by atoms with E-state index in [0.717, 1.165) is 0 Å². The van der Waals surface area contributed by atoms with E-state index < -0.39 is 30.5 Å². The Hall–Kier alpha value is -0.840. The van der Waals surface area contributed by atoms with E-state index in [2.05, 4.69) is 0 Å². The smallest absolute Gasteiger partial charge is 0.410 e. The van der Waals surface area contributed by atoms with Crippen molar-refractivity contribution in [2.75, 3.05) is 13.7 Å². The van der Waals surface area contributed by atoms with Crippen LogP contribution in [0.15, 0.2) is 0 Å². The third-order valence-electron chi connectivity index (χ3n) is 2.01. The molecule has 90 valence electrons. The van der Waals surface area contributed by atoms with E-state index in [1.165, 1.54) is 11.9 Å². The number of aliphatic hydroxyl groups is 1. The molecule has 0 aromatic heterocycles. The number of amides is 1. The molecule has 2 unspecified atom stereocenters. The molecular formula is C10H20FNO3. The van der Waals surface area contributed by atoms with Crippen LogP contribution in [0.3, 0.4) is 0 Å². The quantitative estimate of drug-likeness (QED) is 0.787. The first kappa shape index (κ1) is 14.2. The van der Waals surface area contributed by atoms with Crippen LogP contribution in [0.4, 0.5) is 9.18 Å². The Balaban J connectivity index is 4.32. The summed E-state index contributed by atoms with van der Waals surface area (Å²) in [6, 6.07) is -0.607. The molecule has 4 nitrogen and oxygen atoms in total. The van der Waals surface area contributed by atoms with Gasteiger partial charge in [-0.1, -0.05) is 0 Å². The van der Waals surface area contributed by atoms with Gasteiger partial charge in [0.2, 0.25) is 0 Å². The van der Waals surface area contributed by atoms with Gasteiger partial charge in [0, 0.05) is 7.05 Å². The van der Waals surface area contributed by atoms with Crippen molar-refractivity contribution in [2.24, 2.45) is 0 Å². The molecule has 0 heterocycles. The summed E-state index contributed by atoms with van der Waals surface area (Å²) in [5.41, 5.74) is -0.592. The van der Waals surface area contributed by atoms with Crippen molar-refractivity contribution in [3.8, 4) is 0 Å². The van der Waals surface area contributed by atoms with Gasteiger partial charge >= 0.3 is 6.09 Å².